The van der Waals surface area contributed by atoms with Crippen LogP contribution < -0.4 is 11.1 Å². The molecule has 2 saturated heterocycles. The minimum absolute atomic E-state index is 0.00392. The van der Waals surface area contributed by atoms with Crippen molar-refractivity contribution in [2.45, 2.75) is 56.9 Å². The van der Waals surface area contributed by atoms with Gasteiger partial charge in [0, 0.05) is 30.7 Å². The van der Waals surface area contributed by atoms with E-state index in [1.54, 1.807) is 0 Å². The minimum atomic E-state index is -0.335. The highest BCUT2D eigenvalue weighted by Crippen LogP contribution is 2.22. The first-order valence-electron chi connectivity index (χ1n) is 9.27. The number of ether oxygens (including phenoxy) is 1. The van der Waals surface area contributed by atoms with Crippen LogP contribution in [0, 0.1) is 0 Å². The van der Waals surface area contributed by atoms with Gasteiger partial charge in [0.15, 0.2) is 0 Å². The number of rotatable bonds is 6. The van der Waals surface area contributed by atoms with Gasteiger partial charge in [-0.2, -0.15) is 0 Å². The number of likely N-dealkylation sites (tertiary alicyclic amines) is 1. The molecule has 0 bridgehead atoms. The van der Waals surface area contributed by atoms with Gasteiger partial charge < -0.3 is 15.8 Å². The Morgan fingerprint density at radius 1 is 1.32 bits per heavy atom. The lowest BCUT2D eigenvalue weighted by Gasteiger charge is -2.36. The monoisotopic (exact) mass is 365 g/mol. The molecule has 3 N–H and O–H groups in total. The predicted octanol–water partition coefficient (Wildman–Crippen LogP) is 2.32. The summed E-state index contributed by atoms with van der Waals surface area (Å²) in [5, 5.41) is 3.86. The molecule has 25 heavy (non-hydrogen) atoms. The van der Waals surface area contributed by atoms with E-state index in [1.165, 1.54) is 18.4 Å². The van der Waals surface area contributed by atoms with Crippen LogP contribution in [-0.2, 0) is 16.1 Å². The van der Waals surface area contributed by atoms with Crippen LogP contribution in [0.25, 0.3) is 0 Å². The molecule has 0 spiro atoms. The number of halogens is 1. The molecule has 2 aliphatic heterocycles. The van der Waals surface area contributed by atoms with Gasteiger partial charge in [-0.3, -0.25) is 9.69 Å². The number of nitrogens with one attached hydrogen (secondary N) is 1. The fraction of sp³-hybridized carbons (Fsp3) is 0.632. The van der Waals surface area contributed by atoms with Crippen molar-refractivity contribution >= 4 is 17.5 Å². The third kappa shape index (κ3) is 5.17. The van der Waals surface area contributed by atoms with E-state index in [1.807, 2.05) is 18.2 Å². The number of benzene rings is 1. The van der Waals surface area contributed by atoms with Crippen LogP contribution in [0.2, 0.25) is 5.02 Å². The Bertz CT molecular complexity index is 584. The van der Waals surface area contributed by atoms with E-state index in [-0.39, 0.29) is 18.1 Å². The zero-order valence-corrected chi connectivity index (χ0v) is 15.4. The van der Waals surface area contributed by atoms with Crippen LogP contribution in [0.4, 0.5) is 0 Å². The molecule has 1 aromatic rings. The van der Waals surface area contributed by atoms with E-state index >= 15 is 0 Å². The summed E-state index contributed by atoms with van der Waals surface area (Å²) in [6.45, 7) is 3.09. The van der Waals surface area contributed by atoms with Crippen molar-refractivity contribution in [3.05, 3.63) is 34.9 Å². The molecule has 0 aliphatic carbocycles. The van der Waals surface area contributed by atoms with Crippen LogP contribution in [0.5, 0.6) is 0 Å². The van der Waals surface area contributed by atoms with Gasteiger partial charge in [0.1, 0.15) is 6.10 Å². The Balaban J connectivity index is 1.52. The highest BCUT2D eigenvalue weighted by Gasteiger charge is 2.31. The summed E-state index contributed by atoms with van der Waals surface area (Å²) >= 11 is 6.10. The second-order valence-corrected chi connectivity index (χ2v) is 7.49. The molecule has 3 atom stereocenters. The number of piperidine rings is 1. The van der Waals surface area contributed by atoms with Crippen molar-refractivity contribution in [2.24, 2.45) is 5.73 Å². The summed E-state index contributed by atoms with van der Waals surface area (Å²) < 4.78 is 5.68. The Morgan fingerprint density at radius 2 is 2.20 bits per heavy atom. The maximum absolute atomic E-state index is 12.3. The Labute approximate surface area is 154 Å². The normalized spacial score (nSPS) is 27.4. The van der Waals surface area contributed by atoms with Crippen LogP contribution in [-0.4, -0.2) is 48.7 Å². The first kappa shape index (κ1) is 18.6. The third-order valence-corrected chi connectivity index (χ3v) is 5.43. The van der Waals surface area contributed by atoms with Gasteiger partial charge in [0.25, 0.3) is 0 Å². The predicted molar refractivity (Wildman–Crippen MR) is 99.5 cm³/mol. The highest BCUT2D eigenvalue weighted by molar-refractivity contribution is 6.30. The lowest BCUT2D eigenvalue weighted by atomic mass is 10.0. The zero-order valence-electron chi connectivity index (χ0n) is 14.6. The number of amides is 1. The maximum atomic E-state index is 12.3. The minimum Gasteiger partial charge on any atom is -0.364 e. The summed E-state index contributed by atoms with van der Waals surface area (Å²) in [5.41, 5.74) is 6.83. The molecule has 3 rings (SSSR count). The first-order chi connectivity index (χ1) is 12.2. The summed E-state index contributed by atoms with van der Waals surface area (Å²) in [6, 6.07) is 8.38. The largest absolute Gasteiger partial charge is 0.364 e. The highest BCUT2D eigenvalue weighted by atomic mass is 35.5. The number of nitrogens with zero attached hydrogens (tertiary/aromatic N) is 1. The van der Waals surface area contributed by atoms with Gasteiger partial charge in [-0.05, 0) is 49.9 Å². The number of nitrogens with two attached hydrogens (primary N) is 1. The molecule has 0 radical (unpaired) electrons. The van der Waals surface area contributed by atoms with Crippen LogP contribution >= 0.6 is 11.6 Å². The van der Waals surface area contributed by atoms with Crippen LogP contribution in [0.3, 0.4) is 0 Å². The Kier molecular flexibility index (Phi) is 6.70. The fourth-order valence-corrected chi connectivity index (χ4v) is 3.99. The van der Waals surface area contributed by atoms with Crippen molar-refractivity contribution in [1.29, 1.82) is 0 Å². The van der Waals surface area contributed by atoms with Crippen molar-refractivity contribution in [3.63, 3.8) is 0 Å². The molecule has 2 aliphatic rings. The van der Waals surface area contributed by atoms with Gasteiger partial charge in [-0.15, -0.1) is 0 Å². The average Bonchev–Trinajstić information content (AvgIpc) is 3.10. The third-order valence-electron chi connectivity index (χ3n) is 5.20. The number of hydrogen-bond acceptors (Lipinski definition) is 4. The molecule has 6 heteroatoms. The van der Waals surface area contributed by atoms with Gasteiger partial charge in [0.05, 0.1) is 6.10 Å². The standard InChI is InChI=1S/C19H28ClN3O2/c20-15-5-3-4-14(10-15)13-23-9-2-1-6-16(23)12-22-19(24)18-8-7-17(11-21)25-18/h3-5,10,16-18H,1-2,6-9,11-13,21H2,(H,22,24)/t16?,17-,18+/m1/s1. The van der Waals surface area contributed by atoms with Gasteiger partial charge in [0.2, 0.25) is 5.91 Å². The SMILES string of the molecule is NC[C@H]1CC[C@@H](C(=O)NCC2CCCCN2Cc2cccc(Cl)c2)O1. The van der Waals surface area contributed by atoms with E-state index in [2.05, 4.69) is 16.3 Å². The summed E-state index contributed by atoms with van der Waals surface area (Å²) in [4.78, 5) is 14.8. The van der Waals surface area contributed by atoms with Gasteiger partial charge in [-0.25, -0.2) is 0 Å². The second kappa shape index (κ2) is 8.99. The Hall–Kier alpha value is -1.14. The van der Waals surface area contributed by atoms with Crippen LogP contribution in [0.15, 0.2) is 24.3 Å². The molecule has 1 amide bonds. The van der Waals surface area contributed by atoms with E-state index in [0.29, 0.717) is 19.1 Å². The van der Waals surface area contributed by atoms with Gasteiger partial charge >= 0.3 is 0 Å². The van der Waals surface area contributed by atoms with E-state index in [0.717, 1.165) is 37.4 Å². The average molecular weight is 366 g/mol. The van der Waals surface area contributed by atoms with Crippen molar-refractivity contribution in [1.82, 2.24) is 10.2 Å². The molecule has 138 valence electrons. The van der Waals surface area contributed by atoms with Crippen LogP contribution in [0.1, 0.15) is 37.7 Å². The summed E-state index contributed by atoms with van der Waals surface area (Å²) in [7, 11) is 0. The molecule has 1 unspecified atom stereocenters. The first-order valence-corrected chi connectivity index (χ1v) is 9.65. The lowest BCUT2D eigenvalue weighted by Crippen LogP contribution is -2.48. The smallest absolute Gasteiger partial charge is 0.249 e. The summed E-state index contributed by atoms with van der Waals surface area (Å²) in [5.74, 6) is 0.00392. The van der Waals surface area contributed by atoms with Crippen molar-refractivity contribution in [2.75, 3.05) is 19.6 Å². The lowest BCUT2D eigenvalue weighted by molar-refractivity contribution is -0.132. The van der Waals surface area contributed by atoms with E-state index in [9.17, 15) is 4.79 Å². The number of hydrogen-bond donors (Lipinski definition) is 2. The van der Waals surface area contributed by atoms with E-state index < -0.39 is 0 Å². The molecule has 2 fully saturated rings. The Morgan fingerprint density at radius 3 is 2.96 bits per heavy atom. The molecular formula is C19H28ClN3O2. The maximum Gasteiger partial charge on any atom is 0.249 e. The molecule has 2 heterocycles. The zero-order chi connectivity index (χ0) is 17.6. The molecule has 0 saturated carbocycles. The van der Waals surface area contributed by atoms with Crippen molar-refractivity contribution in [3.8, 4) is 0 Å². The molecule has 5 nitrogen and oxygen atoms in total. The second-order valence-electron chi connectivity index (χ2n) is 7.05. The molecule has 1 aromatic carbocycles. The summed E-state index contributed by atoms with van der Waals surface area (Å²) in [6.07, 6.45) is 4.86. The van der Waals surface area contributed by atoms with E-state index in [4.69, 9.17) is 22.1 Å². The fourth-order valence-electron chi connectivity index (χ4n) is 3.77. The number of carbonyl (C=O) groups is 1. The molecule has 0 aromatic heterocycles. The van der Waals surface area contributed by atoms with Crippen molar-refractivity contribution < 1.29 is 9.53 Å². The quantitative estimate of drug-likeness (QED) is 0.811. The topological polar surface area (TPSA) is 67.6 Å². The van der Waals surface area contributed by atoms with Gasteiger partial charge in [-0.1, -0.05) is 30.2 Å². The molecular weight excluding hydrogens is 338 g/mol. The number of carbonyl (C=O) groups excluding carboxylic acids is 1.